The first-order valence-corrected chi connectivity index (χ1v) is 4.71. The number of hydrogen-bond donors (Lipinski definition) is 3. The Morgan fingerprint density at radius 1 is 1.40 bits per heavy atom. The summed E-state index contributed by atoms with van der Waals surface area (Å²) in [5.41, 5.74) is 0.771. The highest BCUT2D eigenvalue weighted by Gasteiger charge is 2.12. The number of aromatic nitrogens is 2. The fourth-order valence-electron chi connectivity index (χ4n) is 1.53. The Hall–Kier alpha value is -2.04. The van der Waals surface area contributed by atoms with E-state index in [1.807, 2.05) is 6.92 Å². The van der Waals surface area contributed by atoms with Crippen LogP contribution in [-0.4, -0.2) is 22.6 Å². The molecule has 2 aromatic rings. The van der Waals surface area contributed by atoms with Gasteiger partial charge in [-0.3, -0.25) is 19.8 Å². The second kappa shape index (κ2) is 3.61. The first-order valence-electron chi connectivity index (χ1n) is 4.71. The number of rotatable bonds is 2. The van der Waals surface area contributed by atoms with Gasteiger partial charge in [0.2, 0.25) is 0 Å². The lowest BCUT2D eigenvalue weighted by molar-refractivity contribution is 0.0957. The topological polar surface area (TPSA) is 77.8 Å². The molecule has 5 heteroatoms. The van der Waals surface area contributed by atoms with Crippen molar-refractivity contribution >= 4 is 16.8 Å². The normalized spacial score (nSPS) is 10.5. The lowest BCUT2D eigenvalue weighted by atomic mass is 10.1. The Kier molecular flexibility index (Phi) is 2.29. The first-order chi connectivity index (χ1) is 7.24. The molecule has 2 rings (SSSR count). The fourth-order valence-corrected chi connectivity index (χ4v) is 1.53. The van der Waals surface area contributed by atoms with Crippen LogP contribution in [0.4, 0.5) is 0 Å². The number of fused-ring (bicyclic) bond motifs is 1. The molecule has 1 heterocycles. The summed E-state index contributed by atoms with van der Waals surface area (Å²) in [6, 6.07) is 5.11. The number of carbonyl (C=O) groups is 1. The summed E-state index contributed by atoms with van der Waals surface area (Å²) >= 11 is 0. The molecule has 1 aromatic carbocycles. The van der Waals surface area contributed by atoms with Gasteiger partial charge in [-0.15, -0.1) is 0 Å². The van der Waals surface area contributed by atoms with Crippen LogP contribution in [-0.2, 0) is 0 Å². The van der Waals surface area contributed by atoms with Crippen molar-refractivity contribution in [2.24, 2.45) is 0 Å². The summed E-state index contributed by atoms with van der Waals surface area (Å²) in [6.07, 6.45) is 0. The Bertz CT molecular complexity index is 553. The van der Waals surface area contributed by atoms with E-state index >= 15 is 0 Å². The predicted molar refractivity (Wildman–Crippen MR) is 56.9 cm³/mol. The molecule has 0 bridgehead atoms. The number of amides is 1. The molecule has 0 fully saturated rings. The van der Waals surface area contributed by atoms with E-state index in [0.29, 0.717) is 23.0 Å². The molecule has 5 nitrogen and oxygen atoms in total. The van der Waals surface area contributed by atoms with Gasteiger partial charge < -0.3 is 5.32 Å². The number of H-pyrrole nitrogens is 2. The van der Waals surface area contributed by atoms with Crippen molar-refractivity contribution in [2.45, 2.75) is 6.92 Å². The maximum Gasteiger partial charge on any atom is 0.272 e. The fraction of sp³-hybridized carbons (Fsp3) is 0.200. The summed E-state index contributed by atoms with van der Waals surface area (Å²) in [4.78, 5) is 23.1. The summed E-state index contributed by atoms with van der Waals surface area (Å²) in [5, 5.41) is 8.23. The average Bonchev–Trinajstić information content (AvgIpc) is 2.61. The molecule has 0 saturated heterocycles. The SMILES string of the molecule is CCNC(=O)c1cccc2[nH][nH]c(=O)c12. The monoisotopic (exact) mass is 205 g/mol. The number of carbonyl (C=O) groups excluding carboxylic acids is 1. The van der Waals surface area contributed by atoms with Crippen molar-refractivity contribution in [3.8, 4) is 0 Å². The summed E-state index contributed by atoms with van der Waals surface area (Å²) in [5.74, 6) is -0.229. The van der Waals surface area contributed by atoms with E-state index in [1.54, 1.807) is 18.2 Å². The molecule has 1 aromatic heterocycles. The Labute approximate surface area is 85.5 Å². The van der Waals surface area contributed by atoms with Gasteiger partial charge in [0.25, 0.3) is 11.5 Å². The van der Waals surface area contributed by atoms with Crippen molar-refractivity contribution < 1.29 is 4.79 Å². The van der Waals surface area contributed by atoms with Crippen molar-refractivity contribution in [1.29, 1.82) is 0 Å². The zero-order chi connectivity index (χ0) is 10.8. The second-order valence-corrected chi connectivity index (χ2v) is 3.17. The average molecular weight is 205 g/mol. The van der Waals surface area contributed by atoms with E-state index in [-0.39, 0.29) is 11.5 Å². The lowest BCUT2D eigenvalue weighted by Crippen LogP contribution is -2.23. The molecule has 0 saturated carbocycles. The van der Waals surface area contributed by atoms with E-state index in [1.165, 1.54) is 0 Å². The third-order valence-electron chi connectivity index (χ3n) is 2.18. The van der Waals surface area contributed by atoms with Gasteiger partial charge in [0.05, 0.1) is 16.5 Å². The van der Waals surface area contributed by atoms with Crippen molar-refractivity contribution in [1.82, 2.24) is 15.5 Å². The highest BCUT2D eigenvalue weighted by atomic mass is 16.2. The van der Waals surface area contributed by atoms with Crippen LogP contribution in [0.25, 0.3) is 10.9 Å². The smallest absolute Gasteiger partial charge is 0.272 e. The molecule has 0 radical (unpaired) electrons. The number of hydrogen-bond acceptors (Lipinski definition) is 2. The van der Waals surface area contributed by atoms with Crippen LogP contribution >= 0.6 is 0 Å². The zero-order valence-electron chi connectivity index (χ0n) is 8.26. The van der Waals surface area contributed by atoms with E-state index in [9.17, 15) is 9.59 Å². The van der Waals surface area contributed by atoms with Crippen molar-refractivity contribution in [3.05, 3.63) is 34.1 Å². The van der Waals surface area contributed by atoms with E-state index in [0.717, 1.165) is 0 Å². The van der Waals surface area contributed by atoms with Crippen LogP contribution in [0.15, 0.2) is 23.0 Å². The maximum atomic E-state index is 11.6. The number of aromatic amines is 2. The van der Waals surface area contributed by atoms with Gasteiger partial charge in [-0.05, 0) is 19.1 Å². The van der Waals surface area contributed by atoms with E-state index in [2.05, 4.69) is 15.5 Å². The zero-order valence-corrected chi connectivity index (χ0v) is 8.26. The van der Waals surface area contributed by atoms with Gasteiger partial charge in [0, 0.05) is 6.54 Å². The van der Waals surface area contributed by atoms with Gasteiger partial charge in [-0.1, -0.05) is 6.07 Å². The van der Waals surface area contributed by atoms with Crippen LogP contribution in [0.2, 0.25) is 0 Å². The summed E-state index contributed by atoms with van der Waals surface area (Å²) in [6.45, 7) is 2.37. The van der Waals surface area contributed by atoms with Crippen LogP contribution in [0, 0.1) is 0 Å². The minimum atomic E-state index is -0.271. The quantitative estimate of drug-likeness (QED) is 0.671. The Morgan fingerprint density at radius 2 is 2.20 bits per heavy atom. The van der Waals surface area contributed by atoms with E-state index < -0.39 is 0 Å². The third kappa shape index (κ3) is 1.52. The van der Waals surface area contributed by atoms with Crippen LogP contribution in [0.5, 0.6) is 0 Å². The third-order valence-corrected chi connectivity index (χ3v) is 2.18. The molecule has 0 unspecified atom stereocenters. The number of benzene rings is 1. The summed E-state index contributed by atoms with van der Waals surface area (Å²) < 4.78 is 0. The lowest BCUT2D eigenvalue weighted by Gasteiger charge is -2.01. The van der Waals surface area contributed by atoms with Crippen LogP contribution in [0.1, 0.15) is 17.3 Å². The minimum absolute atomic E-state index is 0.229. The molecule has 1 amide bonds. The first kappa shape index (κ1) is 9.51. The largest absolute Gasteiger partial charge is 0.352 e. The van der Waals surface area contributed by atoms with Gasteiger partial charge in [0.1, 0.15) is 0 Å². The molecule has 0 spiro atoms. The molecule has 0 aliphatic heterocycles. The highest BCUT2D eigenvalue weighted by Crippen LogP contribution is 2.11. The molecule has 0 aliphatic rings. The van der Waals surface area contributed by atoms with E-state index in [4.69, 9.17) is 0 Å². The molecule has 3 N–H and O–H groups in total. The van der Waals surface area contributed by atoms with Crippen molar-refractivity contribution in [3.63, 3.8) is 0 Å². The summed E-state index contributed by atoms with van der Waals surface area (Å²) in [7, 11) is 0. The molecular weight excluding hydrogens is 194 g/mol. The van der Waals surface area contributed by atoms with Crippen molar-refractivity contribution in [2.75, 3.05) is 6.54 Å². The van der Waals surface area contributed by atoms with Gasteiger partial charge in [-0.2, -0.15) is 0 Å². The standard InChI is InChI=1S/C10H11N3O2/c1-2-11-9(14)6-4-3-5-7-8(6)10(15)13-12-7/h3-5H,2H2,1H3,(H,11,14)(H2,12,13,15). The predicted octanol–water partition coefficient (Wildman–Crippen LogP) is 0.606. The number of nitrogens with one attached hydrogen (secondary N) is 3. The Balaban J connectivity index is 2.64. The molecular formula is C10H11N3O2. The highest BCUT2D eigenvalue weighted by molar-refractivity contribution is 6.05. The Morgan fingerprint density at radius 3 is 2.93 bits per heavy atom. The van der Waals surface area contributed by atoms with Crippen LogP contribution < -0.4 is 10.9 Å². The van der Waals surface area contributed by atoms with Crippen LogP contribution in [0.3, 0.4) is 0 Å². The van der Waals surface area contributed by atoms with Gasteiger partial charge >= 0.3 is 0 Å². The molecule has 78 valence electrons. The molecule has 15 heavy (non-hydrogen) atoms. The second-order valence-electron chi connectivity index (χ2n) is 3.17. The molecule has 0 aliphatic carbocycles. The van der Waals surface area contributed by atoms with Gasteiger partial charge in [0.15, 0.2) is 0 Å². The van der Waals surface area contributed by atoms with Gasteiger partial charge in [-0.25, -0.2) is 0 Å². The maximum absolute atomic E-state index is 11.6. The minimum Gasteiger partial charge on any atom is -0.352 e. The molecule has 0 atom stereocenters.